The fourth-order valence-electron chi connectivity index (χ4n) is 1.96. The first-order valence-corrected chi connectivity index (χ1v) is 9.34. The van der Waals surface area contributed by atoms with Crippen molar-refractivity contribution < 1.29 is 18.3 Å². The molecule has 110 valence electrons. The molecule has 1 aliphatic rings. The third kappa shape index (κ3) is 3.03. The van der Waals surface area contributed by atoms with Crippen molar-refractivity contribution in [2.45, 2.75) is 11.8 Å². The van der Waals surface area contributed by atoms with E-state index in [0.717, 1.165) is 11.5 Å². The molecule has 0 spiro atoms. The van der Waals surface area contributed by atoms with Gasteiger partial charge in [0, 0.05) is 29.1 Å². The molecule has 1 aromatic carbocycles. The Morgan fingerprint density at radius 2 is 1.95 bits per heavy atom. The zero-order chi connectivity index (χ0) is 14.9. The number of thioether (sulfide) groups is 1. The minimum atomic E-state index is -3.63. The first-order valence-electron chi connectivity index (χ1n) is 5.95. The average molecular weight is 380 g/mol. The molecule has 0 radical (unpaired) electrons. The minimum Gasteiger partial charge on any atom is -0.478 e. The summed E-state index contributed by atoms with van der Waals surface area (Å²) in [5, 5.41) is 9.16. The Bertz CT molecular complexity index is 639. The third-order valence-corrected chi connectivity index (χ3v) is 6.80. The molecule has 1 N–H and O–H groups in total. The van der Waals surface area contributed by atoms with Crippen molar-refractivity contribution in [3.63, 3.8) is 0 Å². The van der Waals surface area contributed by atoms with Crippen LogP contribution in [0.5, 0.6) is 0 Å². The lowest BCUT2D eigenvalue weighted by Gasteiger charge is -2.26. The molecule has 0 unspecified atom stereocenters. The molecule has 1 fully saturated rings. The number of rotatable bonds is 3. The van der Waals surface area contributed by atoms with Crippen LogP contribution in [0.15, 0.2) is 21.5 Å². The highest BCUT2D eigenvalue weighted by molar-refractivity contribution is 9.10. The van der Waals surface area contributed by atoms with E-state index < -0.39 is 16.0 Å². The maximum atomic E-state index is 12.5. The Labute approximate surface area is 130 Å². The number of hydrogen-bond acceptors (Lipinski definition) is 4. The van der Waals surface area contributed by atoms with Crippen LogP contribution in [0.1, 0.15) is 15.9 Å². The van der Waals surface area contributed by atoms with E-state index in [1.807, 2.05) is 0 Å². The molecular weight excluding hydrogens is 366 g/mol. The SMILES string of the molecule is Cc1c(Br)cc(S(=O)(=O)N2CCSCC2)cc1C(=O)O. The summed E-state index contributed by atoms with van der Waals surface area (Å²) in [6, 6.07) is 2.71. The van der Waals surface area contributed by atoms with Gasteiger partial charge in [-0.05, 0) is 24.6 Å². The van der Waals surface area contributed by atoms with Gasteiger partial charge >= 0.3 is 5.97 Å². The van der Waals surface area contributed by atoms with E-state index in [1.54, 1.807) is 18.7 Å². The van der Waals surface area contributed by atoms with Gasteiger partial charge in [0.1, 0.15) is 0 Å². The number of aromatic carboxylic acids is 1. The molecule has 20 heavy (non-hydrogen) atoms. The smallest absolute Gasteiger partial charge is 0.336 e. The molecule has 0 amide bonds. The van der Waals surface area contributed by atoms with Crippen molar-refractivity contribution in [1.82, 2.24) is 4.31 Å². The average Bonchev–Trinajstić information content (AvgIpc) is 2.42. The normalized spacial score (nSPS) is 17.1. The molecule has 0 atom stereocenters. The third-order valence-electron chi connectivity index (χ3n) is 3.16. The lowest BCUT2D eigenvalue weighted by atomic mass is 10.1. The highest BCUT2D eigenvalue weighted by Gasteiger charge is 2.28. The van der Waals surface area contributed by atoms with Gasteiger partial charge in [0.15, 0.2) is 0 Å². The summed E-state index contributed by atoms with van der Waals surface area (Å²) in [6.45, 7) is 2.56. The van der Waals surface area contributed by atoms with Crippen LogP contribution in [-0.2, 0) is 10.0 Å². The Kier molecular flexibility index (Phi) is 4.78. The predicted molar refractivity (Wildman–Crippen MR) is 81.9 cm³/mol. The molecule has 8 heteroatoms. The molecule has 0 saturated carbocycles. The van der Waals surface area contributed by atoms with Gasteiger partial charge in [-0.1, -0.05) is 15.9 Å². The molecule has 0 bridgehead atoms. The fraction of sp³-hybridized carbons (Fsp3) is 0.417. The molecule has 0 aromatic heterocycles. The monoisotopic (exact) mass is 379 g/mol. The molecule has 1 aromatic rings. The number of carbonyl (C=O) groups is 1. The number of carboxylic acid groups (broad SMARTS) is 1. The zero-order valence-corrected chi connectivity index (χ0v) is 14.0. The van der Waals surface area contributed by atoms with Crippen LogP contribution in [-0.4, -0.2) is 48.4 Å². The van der Waals surface area contributed by atoms with Crippen molar-refractivity contribution in [3.05, 3.63) is 27.7 Å². The highest BCUT2D eigenvalue weighted by atomic mass is 79.9. The van der Waals surface area contributed by atoms with Gasteiger partial charge in [0.25, 0.3) is 0 Å². The van der Waals surface area contributed by atoms with Crippen LogP contribution in [0.25, 0.3) is 0 Å². The van der Waals surface area contributed by atoms with Crippen LogP contribution in [0.3, 0.4) is 0 Å². The largest absolute Gasteiger partial charge is 0.478 e. The maximum absolute atomic E-state index is 12.5. The summed E-state index contributed by atoms with van der Waals surface area (Å²) >= 11 is 4.95. The predicted octanol–water partition coefficient (Wildman–Crippen LogP) is 2.19. The maximum Gasteiger partial charge on any atom is 0.336 e. The summed E-state index contributed by atoms with van der Waals surface area (Å²) in [6.07, 6.45) is 0. The van der Waals surface area contributed by atoms with Gasteiger partial charge in [-0.3, -0.25) is 0 Å². The zero-order valence-electron chi connectivity index (χ0n) is 10.8. The molecule has 1 aliphatic heterocycles. The number of hydrogen-bond donors (Lipinski definition) is 1. The van der Waals surface area contributed by atoms with Crippen LogP contribution >= 0.6 is 27.7 Å². The van der Waals surface area contributed by atoms with Crippen molar-refractivity contribution in [3.8, 4) is 0 Å². The van der Waals surface area contributed by atoms with Crippen LogP contribution in [0, 0.1) is 6.92 Å². The van der Waals surface area contributed by atoms with E-state index in [0.29, 0.717) is 23.1 Å². The Balaban J connectivity index is 2.49. The van der Waals surface area contributed by atoms with Crippen LogP contribution in [0.2, 0.25) is 0 Å². The first-order chi connectivity index (χ1) is 9.34. The Morgan fingerprint density at radius 1 is 1.35 bits per heavy atom. The quantitative estimate of drug-likeness (QED) is 0.870. The number of sulfonamides is 1. The fourth-order valence-corrected chi connectivity index (χ4v) is 5.20. The van der Waals surface area contributed by atoms with E-state index in [2.05, 4.69) is 15.9 Å². The summed E-state index contributed by atoms with van der Waals surface area (Å²) in [4.78, 5) is 11.2. The minimum absolute atomic E-state index is 0.00401. The lowest BCUT2D eigenvalue weighted by Crippen LogP contribution is -2.37. The van der Waals surface area contributed by atoms with Crippen LogP contribution in [0.4, 0.5) is 0 Å². The molecule has 5 nitrogen and oxygen atoms in total. The van der Waals surface area contributed by atoms with Gasteiger partial charge in [0.2, 0.25) is 10.0 Å². The Morgan fingerprint density at radius 3 is 2.50 bits per heavy atom. The van der Waals surface area contributed by atoms with Gasteiger partial charge in [-0.15, -0.1) is 0 Å². The second-order valence-electron chi connectivity index (χ2n) is 4.40. The molecular formula is C12H14BrNO4S2. The van der Waals surface area contributed by atoms with Crippen molar-refractivity contribution in [1.29, 1.82) is 0 Å². The number of carboxylic acids is 1. The second-order valence-corrected chi connectivity index (χ2v) is 8.42. The van der Waals surface area contributed by atoms with Gasteiger partial charge in [-0.2, -0.15) is 16.1 Å². The topological polar surface area (TPSA) is 74.7 Å². The first kappa shape index (κ1) is 15.8. The number of nitrogens with zero attached hydrogens (tertiary/aromatic N) is 1. The lowest BCUT2D eigenvalue weighted by molar-refractivity contribution is 0.0695. The molecule has 0 aliphatic carbocycles. The summed E-state index contributed by atoms with van der Waals surface area (Å²) in [7, 11) is -3.63. The van der Waals surface area contributed by atoms with Gasteiger partial charge in [-0.25, -0.2) is 13.2 Å². The molecule has 1 heterocycles. The standard InChI is InChI=1S/C12H14BrNO4S2/c1-8-10(12(15)16)6-9(7-11(8)13)20(17,18)14-2-4-19-5-3-14/h6-7H,2-5H2,1H3,(H,15,16). The summed E-state index contributed by atoms with van der Waals surface area (Å²) in [5.74, 6) is 0.394. The second kappa shape index (κ2) is 6.05. The van der Waals surface area contributed by atoms with E-state index in [9.17, 15) is 13.2 Å². The number of halogens is 1. The Hall–Kier alpha value is -0.570. The van der Waals surface area contributed by atoms with Gasteiger partial charge in [0.05, 0.1) is 10.5 Å². The highest BCUT2D eigenvalue weighted by Crippen LogP contribution is 2.28. The van der Waals surface area contributed by atoms with Crippen molar-refractivity contribution in [2.24, 2.45) is 0 Å². The number of benzene rings is 1. The molecule has 2 rings (SSSR count). The summed E-state index contributed by atoms with van der Waals surface area (Å²) in [5.41, 5.74) is 0.523. The molecule has 1 saturated heterocycles. The van der Waals surface area contributed by atoms with Crippen molar-refractivity contribution >= 4 is 43.7 Å². The van der Waals surface area contributed by atoms with Crippen molar-refractivity contribution in [2.75, 3.05) is 24.6 Å². The van der Waals surface area contributed by atoms with E-state index >= 15 is 0 Å². The van der Waals surface area contributed by atoms with E-state index in [-0.39, 0.29) is 10.5 Å². The summed E-state index contributed by atoms with van der Waals surface area (Å²) < 4.78 is 27.0. The van der Waals surface area contributed by atoms with E-state index in [1.165, 1.54) is 16.4 Å². The van der Waals surface area contributed by atoms with Gasteiger partial charge < -0.3 is 5.11 Å². The van der Waals surface area contributed by atoms with Crippen LogP contribution < -0.4 is 0 Å². The van der Waals surface area contributed by atoms with E-state index in [4.69, 9.17) is 5.11 Å².